The van der Waals surface area contributed by atoms with Crippen LogP contribution in [0.1, 0.15) is 34.8 Å². The van der Waals surface area contributed by atoms with E-state index in [0.29, 0.717) is 12.0 Å². The molecular formula is C11H14O2. The highest BCUT2D eigenvalue weighted by Crippen LogP contribution is 2.11. The van der Waals surface area contributed by atoms with E-state index in [4.69, 9.17) is 5.11 Å². The van der Waals surface area contributed by atoms with Gasteiger partial charge in [0.2, 0.25) is 0 Å². The van der Waals surface area contributed by atoms with Gasteiger partial charge in [0.25, 0.3) is 0 Å². The zero-order chi connectivity index (χ0) is 9.84. The van der Waals surface area contributed by atoms with Crippen molar-refractivity contribution in [3.05, 3.63) is 34.9 Å². The lowest BCUT2D eigenvalue weighted by molar-refractivity contribution is 0.0988. The molecule has 0 saturated carbocycles. The Labute approximate surface area is 78.2 Å². The summed E-state index contributed by atoms with van der Waals surface area (Å²) in [4.78, 5) is 11.4. The molecule has 70 valence electrons. The predicted octanol–water partition coefficient (Wildman–Crippen LogP) is 2.08. The van der Waals surface area contributed by atoms with Gasteiger partial charge >= 0.3 is 0 Å². The fraction of sp³-hybridized carbons (Fsp3) is 0.364. The third-order valence-corrected chi connectivity index (χ3v) is 1.96. The summed E-state index contributed by atoms with van der Waals surface area (Å²) in [5, 5.41) is 8.93. The van der Waals surface area contributed by atoms with Gasteiger partial charge in [-0.3, -0.25) is 4.79 Å². The number of hydrogen-bond donors (Lipinski definition) is 1. The van der Waals surface area contributed by atoms with Crippen LogP contribution in [0.4, 0.5) is 0 Å². The molecule has 0 fully saturated rings. The van der Waals surface area contributed by atoms with Crippen molar-refractivity contribution in [1.29, 1.82) is 0 Å². The second-order valence-corrected chi connectivity index (χ2v) is 3.14. The van der Waals surface area contributed by atoms with Gasteiger partial charge in [0.15, 0.2) is 5.78 Å². The molecule has 0 heterocycles. The molecule has 0 bridgehead atoms. The SMILES string of the molecule is CCC(=O)c1cc(C)cc(CO)c1. The maximum absolute atomic E-state index is 11.4. The Bertz CT molecular complexity index is 316. The Hall–Kier alpha value is -1.15. The zero-order valence-electron chi connectivity index (χ0n) is 8.00. The lowest BCUT2D eigenvalue weighted by atomic mass is 10.0. The molecule has 0 amide bonds. The molecule has 2 heteroatoms. The first-order valence-corrected chi connectivity index (χ1v) is 4.42. The lowest BCUT2D eigenvalue weighted by Crippen LogP contribution is -1.98. The minimum atomic E-state index is -0.00826. The van der Waals surface area contributed by atoms with Crippen LogP contribution in [0.3, 0.4) is 0 Å². The van der Waals surface area contributed by atoms with Gasteiger partial charge < -0.3 is 5.11 Å². The standard InChI is InChI=1S/C11H14O2/c1-3-11(13)10-5-8(2)4-9(6-10)7-12/h4-6,12H,3,7H2,1-2H3. The molecule has 1 rings (SSSR count). The van der Waals surface area contributed by atoms with Crippen molar-refractivity contribution in [3.8, 4) is 0 Å². The first-order valence-electron chi connectivity index (χ1n) is 4.42. The number of aryl methyl sites for hydroxylation is 1. The molecule has 0 unspecified atom stereocenters. The monoisotopic (exact) mass is 178 g/mol. The average molecular weight is 178 g/mol. The largest absolute Gasteiger partial charge is 0.392 e. The number of benzene rings is 1. The molecule has 1 aromatic carbocycles. The summed E-state index contributed by atoms with van der Waals surface area (Å²) in [6.07, 6.45) is 0.508. The number of hydrogen-bond acceptors (Lipinski definition) is 2. The van der Waals surface area contributed by atoms with Gasteiger partial charge in [0, 0.05) is 12.0 Å². The number of Topliss-reactive ketones (excluding diaryl/α,β-unsaturated/α-hetero) is 1. The van der Waals surface area contributed by atoms with Gasteiger partial charge in [-0.2, -0.15) is 0 Å². The van der Waals surface area contributed by atoms with Crippen molar-refractivity contribution < 1.29 is 9.90 Å². The molecule has 1 N–H and O–H groups in total. The fourth-order valence-electron chi connectivity index (χ4n) is 1.32. The second-order valence-electron chi connectivity index (χ2n) is 3.14. The molecular weight excluding hydrogens is 164 g/mol. The third kappa shape index (κ3) is 2.39. The highest BCUT2D eigenvalue weighted by Gasteiger charge is 2.04. The van der Waals surface area contributed by atoms with E-state index in [0.717, 1.165) is 11.1 Å². The van der Waals surface area contributed by atoms with Crippen LogP contribution in [-0.4, -0.2) is 10.9 Å². The van der Waals surface area contributed by atoms with Crippen LogP contribution in [-0.2, 0) is 6.61 Å². The van der Waals surface area contributed by atoms with Crippen LogP contribution in [0.25, 0.3) is 0 Å². The zero-order valence-corrected chi connectivity index (χ0v) is 8.00. The van der Waals surface area contributed by atoms with Crippen molar-refractivity contribution in [3.63, 3.8) is 0 Å². The normalized spacial score (nSPS) is 10.1. The number of carbonyl (C=O) groups is 1. The number of aliphatic hydroxyl groups excluding tert-OH is 1. The molecule has 0 aromatic heterocycles. The van der Waals surface area contributed by atoms with Gasteiger partial charge in [-0.15, -0.1) is 0 Å². The van der Waals surface area contributed by atoms with Crippen molar-refractivity contribution in [2.45, 2.75) is 26.9 Å². The summed E-state index contributed by atoms with van der Waals surface area (Å²) >= 11 is 0. The second kappa shape index (κ2) is 4.19. The van der Waals surface area contributed by atoms with Crippen molar-refractivity contribution >= 4 is 5.78 Å². The molecule has 0 aliphatic heterocycles. The Morgan fingerprint density at radius 1 is 1.38 bits per heavy atom. The number of ketones is 1. The fourth-order valence-corrected chi connectivity index (χ4v) is 1.32. The smallest absolute Gasteiger partial charge is 0.162 e. The maximum Gasteiger partial charge on any atom is 0.162 e. The summed E-state index contributed by atoms with van der Waals surface area (Å²) in [6.45, 7) is 3.75. The Kier molecular flexibility index (Phi) is 3.20. The number of aliphatic hydroxyl groups is 1. The molecule has 13 heavy (non-hydrogen) atoms. The average Bonchev–Trinajstić information content (AvgIpc) is 2.15. The van der Waals surface area contributed by atoms with E-state index in [-0.39, 0.29) is 12.4 Å². The summed E-state index contributed by atoms with van der Waals surface area (Å²) in [6, 6.07) is 5.48. The Morgan fingerprint density at radius 3 is 2.62 bits per heavy atom. The van der Waals surface area contributed by atoms with Crippen molar-refractivity contribution in [2.75, 3.05) is 0 Å². The quantitative estimate of drug-likeness (QED) is 0.719. The summed E-state index contributed by atoms with van der Waals surface area (Å²) < 4.78 is 0. The lowest BCUT2D eigenvalue weighted by Gasteiger charge is -2.03. The molecule has 0 aliphatic rings. The highest BCUT2D eigenvalue weighted by atomic mass is 16.3. The van der Waals surface area contributed by atoms with Crippen LogP contribution in [0.2, 0.25) is 0 Å². The Morgan fingerprint density at radius 2 is 2.08 bits per heavy atom. The topological polar surface area (TPSA) is 37.3 Å². The molecule has 2 nitrogen and oxygen atoms in total. The van der Waals surface area contributed by atoms with E-state index in [1.807, 2.05) is 26.0 Å². The van der Waals surface area contributed by atoms with Crippen LogP contribution in [0.15, 0.2) is 18.2 Å². The minimum absolute atomic E-state index is 0.00826. The molecule has 0 radical (unpaired) electrons. The van der Waals surface area contributed by atoms with Gasteiger partial charge in [-0.1, -0.05) is 18.6 Å². The molecule has 1 aromatic rings. The van der Waals surface area contributed by atoms with E-state index in [1.165, 1.54) is 0 Å². The first-order chi connectivity index (χ1) is 6.17. The minimum Gasteiger partial charge on any atom is -0.392 e. The van der Waals surface area contributed by atoms with Gasteiger partial charge in [0.1, 0.15) is 0 Å². The van der Waals surface area contributed by atoms with E-state index in [2.05, 4.69) is 0 Å². The number of rotatable bonds is 3. The Balaban J connectivity index is 3.08. The van der Waals surface area contributed by atoms with Crippen LogP contribution < -0.4 is 0 Å². The summed E-state index contributed by atoms with van der Waals surface area (Å²) in [5.41, 5.74) is 2.52. The van der Waals surface area contributed by atoms with Crippen molar-refractivity contribution in [1.82, 2.24) is 0 Å². The maximum atomic E-state index is 11.4. The summed E-state index contributed by atoms with van der Waals surface area (Å²) in [7, 11) is 0. The van der Waals surface area contributed by atoms with Gasteiger partial charge in [-0.25, -0.2) is 0 Å². The van der Waals surface area contributed by atoms with Gasteiger partial charge in [-0.05, 0) is 24.6 Å². The van der Waals surface area contributed by atoms with Crippen LogP contribution in [0.5, 0.6) is 0 Å². The highest BCUT2D eigenvalue weighted by molar-refractivity contribution is 5.96. The van der Waals surface area contributed by atoms with E-state index < -0.39 is 0 Å². The molecule has 0 atom stereocenters. The third-order valence-electron chi connectivity index (χ3n) is 1.96. The van der Waals surface area contributed by atoms with Crippen molar-refractivity contribution in [2.24, 2.45) is 0 Å². The first kappa shape index (κ1) is 9.93. The van der Waals surface area contributed by atoms with E-state index in [1.54, 1.807) is 6.07 Å². The number of carbonyl (C=O) groups excluding carboxylic acids is 1. The van der Waals surface area contributed by atoms with E-state index >= 15 is 0 Å². The van der Waals surface area contributed by atoms with Crippen LogP contribution >= 0.6 is 0 Å². The molecule has 0 aliphatic carbocycles. The molecule has 0 saturated heterocycles. The van der Waals surface area contributed by atoms with E-state index in [9.17, 15) is 4.79 Å². The molecule has 0 spiro atoms. The van der Waals surface area contributed by atoms with Gasteiger partial charge in [0.05, 0.1) is 6.61 Å². The summed E-state index contributed by atoms with van der Waals surface area (Å²) in [5.74, 6) is 0.124. The predicted molar refractivity (Wildman–Crippen MR) is 51.7 cm³/mol. The van der Waals surface area contributed by atoms with Crippen LogP contribution in [0, 0.1) is 6.92 Å².